The third kappa shape index (κ3) is 4.12. The Balaban J connectivity index is 1.85. The molecule has 0 aromatic carbocycles. The van der Waals surface area contributed by atoms with Crippen LogP contribution in [0.1, 0.15) is 5.69 Å². The lowest BCUT2D eigenvalue weighted by molar-refractivity contribution is 0.229. The van der Waals surface area contributed by atoms with E-state index in [0.29, 0.717) is 6.54 Å². The van der Waals surface area contributed by atoms with E-state index < -0.39 is 0 Å². The molecule has 0 amide bonds. The molecule has 0 atom stereocenters. The highest BCUT2D eigenvalue weighted by atomic mass is 15.3. The summed E-state index contributed by atoms with van der Waals surface area (Å²) < 4.78 is 0. The van der Waals surface area contributed by atoms with Gasteiger partial charge in [0, 0.05) is 52.0 Å². The van der Waals surface area contributed by atoms with E-state index in [9.17, 15) is 0 Å². The fourth-order valence-electron chi connectivity index (χ4n) is 2.19. The van der Waals surface area contributed by atoms with Crippen molar-refractivity contribution in [2.75, 3.05) is 58.3 Å². The minimum absolute atomic E-state index is 0.448. The molecule has 0 unspecified atom stereocenters. The van der Waals surface area contributed by atoms with Crippen molar-refractivity contribution in [3.63, 3.8) is 0 Å². The largest absolute Gasteiger partial charge is 0.353 e. The third-order valence-electron chi connectivity index (χ3n) is 3.44. The van der Waals surface area contributed by atoms with E-state index in [1.807, 2.05) is 6.20 Å². The quantitative estimate of drug-likeness (QED) is 0.782. The molecule has 1 aromatic heterocycles. The average Bonchev–Trinajstić information content (AvgIpc) is 2.45. The SMILES string of the molecule is CN(C)CCN1CCN(c2cncc(CN)n2)CC1. The molecule has 1 fully saturated rings. The predicted molar refractivity (Wildman–Crippen MR) is 77.1 cm³/mol. The summed E-state index contributed by atoms with van der Waals surface area (Å²) in [6, 6.07) is 0. The van der Waals surface area contributed by atoms with Crippen molar-refractivity contribution in [2.24, 2.45) is 5.73 Å². The average molecular weight is 264 g/mol. The van der Waals surface area contributed by atoms with Crippen LogP contribution in [0.3, 0.4) is 0 Å². The summed E-state index contributed by atoms with van der Waals surface area (Å²) in [5.41, 5.74) is 6.46. The highest BCUT2D eigenvalue weighted by Gasteiger charge is 2.18. The van der Waals surface area contributed by atoms with E-state index in [1.54, 1.807) is 6.20 Å². The Bertz CT molecular complexity index is 386. The fourth-order valence-corrected chi connectivity index (χ4v) is 2.19. The molecule has 0 radical (unpaired) electrons. The minimum atomic E-state index is 0.448. The molecule has 19 heavy (non-hydrogen) atoms. The standard InChI is InChI=1S/C13H24N6/c1-17(2)3-4-18-5-7-19(8-6-18)13-11-15-10-12(9-14)16-13/h10-11H,3-9,14H2,1-2H3. The number of hydrogen-bond donors (Lipinski definition) is 1. The maximum Gasteiger partial charge on any atom is 0.147 e. The molecule has 1 aliphatic heterocycles. The van der Waals surface area contributed by atoms with E-state index in [-0.39, 0.29) is 0 Å². The van der Waals surface area contributed by atoms with Crippen molar-refractivity contribution in [1.29, 1.82) is 0 Å². The second kappa shape index (κ2) is 6.79. The van der Waals surface area contributed by atoms with Gasteiger partial charge in [0.05, 0.1) is 11.9 Å². The topological polar surface area (TPSA) is 61.5 Å². The molecule has 1 aromatic rings. The van der Waals surface area contributed by atoms with Gasteiger partial charge < -0.3 is 15.5 Å². The molecule has 0 aliphatic carbocycles. The molecule has 2 N–H and O–H groups in total. The number of rotatable bonds is 5. The summed E-state index contributed by atoms with van der Waals surface area (Å²) in [7, 11) is 4.23. The highest BCUT2D eigenvalue weighted by molar-refractivity contribution is 5.37. The number of piperazine rings is 1. The van der Waals surface area contributed by atoms with Crippen molar-refractivity contribution < 1.29 is 0 Å². The van der Waals surface area contributed by atoms with Crippen molar-refractivity contribution in [3.05, 3.63) is 18.1 Å². The van der Waals surface area contributed by atoms with Gasteiger partial charge in [-0.2, -0.15) is 0 Å². The smallest absolute Gasteiger partial charge is 0.147 e. The molecule has 1 aliphatic rings. The monoisotopic (exact) mass is 264 g/mol. The molecule has 0 bridgehead atoms. The first-order chi connectivity index (χ1) is 9.19. The van der Waals surface area contributed by atoms with E-state index in [2.05, 4.69) is 38.8 Å². The van der Waals surface area contributed by atoms with Crippen LogP contribution in [0.5, 0.6) is 0 Å². The van der Waals surface area contributed by atoms with Crippen LogP contribution >= 0.6 is 0 Å². The summed E-state index contributed by atoms with van der Waals surface area (Å²) in [5, 5.41) is 0. The molecule has 2 rings (SSSR count). The van der Waals surface area contributed by atoms with Crippen molar-refractivity contribution in [1.82, 2.24) is 19.8 Å². The summed E-state index contributed by atoms with van der Waals surface area (Å²) >= 11 is 0. The van der Waals surface area contributed by atoms with Crippen LogP contribution in [0.15, 0.2) is 12.4 Å². The molecule has 1 saturated heterocycles. The summed E-state index contributed by atoms with van der Waals surface area (Å²) in [6.07, 6.45) is 3.56. The Hall–Kier alpha value is -1.24. The number of aromatic nitrogens is 2. The third-order valence-corrected chi connectivity index (χ3v) is 3.44. The summed E-state index contributed by atoms with van der Waals surface area (Å²) in [4.78, 5) is 15.7. The first kappa shape index (κ1) is 14.2. The number of anilines is 1. The Morgan fingerprint density at radius 3 is 2.58 bits per heavy atom. The first-order valence-corrected chi connectivity index (χ1v) is 6.82. The van der Waals surface area contributed by atoms with Crippen LogP contribution in [0, 0.1) is 0 Å². The molecule has 106 valence electrons. The molecule has 2 heterocycles. The molecule has 6 nitrogen and oxygen atoms in total. The number of hydrogen-bond acceptors (Lipinski definition) is 6. The van der Waals surface area contributed by atoms with Gasteiger partial charge in [-0.25, -0.2) is 4.98 Å². The molecule has 0 saturated carbocycles. The Labute approximate surface area is 115 Å². The molecule has 6 heteroatoms. The van der Waals surface area contributed by atoms with Crippen molar-refractivity contribution >= 4 is 5.82 Å². The zero-order chi connectivity index (χ0) is 13.7. The normalized spacial score (nSPS) is 17.2. The zero-order valence-corrected chi connectivity index (χ0v) is 11.9. The molecule has 0 spiro atoms. The van der Waals surface area contributed by atoms with Gasteiger partial charge in [-0.05, 0) is 14.1 Å². The van der Waals surface area contributed by atoms with Crippen LogP contribution < -0.4 is 10.6 Å². The van der Waals surface area contributed by atoms with E-state index >= 15 is 0 Å². The van der Waals surface area contributed by atoms with Crippen molar-refractivity contribution in [2.45, 2.75) is 6.54 Å². The van der Waals surface area contributed by atoms with Gasteiger partial charge >= 0.3 is 0 Å². The van der Waals surface area contributed by atoms with Crippen LogP contribution in [-0.2, 0) is 6.54 Å². The van der Waals surface area contributed by atoms with Gasteiger partial charge in [0.15, 0.2) is 0 Å². The van der Waals surface area contributed by atoms with Crippen LogP contribution in [0.2, 0.25) is 0 Å². The Morgan fingerprint density at radius 2 is 1.95 bits per heavy atom. The Kier molecular flexibility index (Phi) is 5.07. The maximum atomic E-state index is 5.60. The molecular weight excluding hydrogens is 240 g/mol. The number of likely N-dealkylation sites (N-methyl/N-ethyl adjacent to an activating group) is 1. The van der Waals surface area contributed by atoms with Crippen LogP contribution in [0.4, 0.5) is 5.82 Å². The van der Waals surface area contributed by atoms with E-state index in [1.165, 1.54) is 0 Å². The van der Waals surface area contributed by atoms with Crippen LogP contribution in [0.25, 0.3) is 0 Å². The van der Waals surface area contributed by atoms with Gasteiger partial charge in [-0.15, -0.1) is 0 Å². The summed E-state index contributed by atoms with van der Waals surface area (Å²) in [6.45, 7) is 6.89. The molecular formula is C13H24N6. The second-order valence-electron chi connectivity index (χ2n) is 5.20. The summed E-state index contributed by atoms with van der Waals surface area (Å²) in [5.74, 6) is 0.954. The van der Waals surface area contributed by atoms with Crippen molar-refractivity contribution in [3.8, 4) is 0 Å². The second-order valence-corrected chi connectivity index (χ2v) is 5.20. The number of nitrogens with zero attached hydrogens (tertiary/aromatic N) is 5. The lowest BCUT2D eigenvalue weighted by Crippen LogP contribution is -2.48. The van der Waals surface area contributed by atoms with Gasteiger partial charge in [0.1, 0.15) is 5.82 Å². The Morgan fingerprint density at radius 1 is 1.21 bits per heavy atom. The van der Waals surface area contributed by atoms with Crippen LogP contribution in [-0.4, -0.2) is 73.1 Å². The minimum Gasteiger partial charge on any atom is -0.353 e. The zero-order valence-electron chi connectivity index (χ0n) is 11.9. The number of nitrogens with two attached hydrogens (primary N) is 1. The fraction of sp³-hybridized carbons (Fsp3) is 0.692. The lowest BCUT2D eigenvalue weighted by Gasteiger charge is -2.35. The van der Waals surface area contributed by atoms with E-state index in [0.717, 1.165) is 50.8 Å². The van der Waals surface area contributed by atoms with Gasteiger partial charge in [-0.1, -0.05) is 0 Å². The lowest BCUT2D eigenvalue weighted by atomic mass is 10.3. The highest BCUT2D eigenvalue weighted by Crippen LogP contribution is 2.12. The predicted octanol–water partition coefficient (Wildman–Crippen LogP) is -0.381. The first-order valence-electron chi connectivity index (χ1n) is 6.82. The van der Waals surface area contributed by atoms with Gasteiger partial charge in [0.2, 0.25) is 0 Å². The van der Waals surface area contributed by atoms with Gasteiger partial charge in [0.25, 0.3) is 0 Å². The van der Waals surface area contributed by atoms with Gasteiger partial charge in [-0.3, -0.25) is 9.88 Å². The van der Waals surface area contributed by atoms with E-state index in [4.69, 9.17) is 5.73 Å². The maximum absolute atomic E-state index is 5.60.